The lowest BCUT2D eigenvalue weighted by Crippen LogP contribution is -2.49. The van der Waals surface area contributed by atoms with Gasteiger partial charge in [-0.1, -0.05) is 6.42 Å². The van der Waals surface area contributed by atoms with E-state index in [-0.39, 0.29) is 7.40 Å². The molecule has 3 aliphatic rings. The van der Waals surface area contributed by atoms with Gasteiger partial charge in [0.2, 0.25) is 0 Å². The first-order valence-electron chi connectivity index (χ1n) is 11.4. The maximum Gasteiger partial charge on any atom is 0.357 e. The number of piperidine rings is 1. The molecule has 0 aromatic carbocycles. The summed E-state index contributed by atoms with van der Waals surface area (Å²) in [4.78, 5) is 22.0. The molecule has 0 radical (unpaired) electrons. The highest BCUT2D eigenvalue weighted by Crippen LogP contribution is 2.41. The molecule has 0 spiro atoms. The smallest absolute Gasteiger partial charge is 0.357 e. The Bertz CT molecular complexity index is 902. The molecule has 1 saturated carbocycles. The van der Waals surface area contributed by atoms with Crippen LogP contribution in [0.5, 0.6) is 0 Å². The number of H-pyrrole nitrogens is 1. The van der Waals surface area contributed by atoms with Crippen LogP contribution in [0.4, 0.5) is 5.69 Å². The molecule has 0 unspecified atom stereocenters. The lowest BCUT2D eigenvalue weighted by molar-refractivity contribution is 0.0115. The monoisotopic (exact) mass is 415 g/mol. The summed E-state index contributed by atoms with van der Waals surface area (Å²) in [7, 11) is 0. The SMILES string of the molecule is CCOC(=O)c1cc(N2CCC(N3CCOCC3)CC2)c2c(C3CCC3)[nH]nc2n1.[HH]. The average Bonchev–Trinajstić information content (AvgIpc) is 3.16. The standard InChI is InChI=1S/C22H31N5O3.H2/c1-2-30-22(28)17-14-18(19-20(15-4-3-5-15)24-25-21(19)23-17)27-8-6-16(7-9-27)26-10-12-29-13-11-26;/h14-16H,2-13H2,1H3,(H,23,24,25);1H. The van der Waals surface area contributed by atoms with Gasteiger partial charge >= 0.3 is 5.97 Å². The maximum atomic E-state index is 12.4. The van der Waals surface area contributed by atoms with Crippen LogP contribution < -0.4 is 4.90 Å². The fourth-order valence-corrected chi connectivity index (χ4v) is 4.99. The highest BCUT2D eigenvalue weighted by atomic mass is 16.5. The third-order valence-corrected chi connectivity index (χ3v) is 6.90. The van der Waals surface area contributed by atoms with Crippen molar-refractivity contribution in [1.29, 1.82) is 0 Å². The van der Waals surface area contributed by atoms with E-state index in [2.05, 4.69) is 25.0 Å². The van der Waals surface area contributed by atoms with Crippen LogP contribution in [-0.2, 0) is 9.47 Å². The van der Waals surface area contributed by atoms with Crippen molar-refractivity contribution in [2.24, 2.45) is 0 Å². The second-order valence-corrected chi connectivity index (χ2v) is 8.58. The Hall–Kier alpha value is -2.19. The zero-order valence-electron chi connectivity index (χ0n) is 17.7. The number of aromatic nitrogens is 3. The second-order valence-electron chi connectivity index (χ2n) is 8.58. The van der Waals surface area contributed by atoms with E-state index in [0.717, 1.165) is 63.3 Å². The average molecular weight is 416 g/mol. The summed E-state index contributed by atoms with van der Waals surface area (Å²) in [6.07, 6.45) is 5.88. The minimum Gasteiger partial charge on any atom is -0.461 e. The van der Waals surface area contributed by atoms with Gasteiger partial charge in [0.05, 0.1) is 30.9 Å². The number of morpholine rings is 1. The number of aromatic amines is 1. The number of fused-ring (bicyclic) bond motifs is 1. The van der Waals surface area contributed by atoms with Gasteiger partial charge in [-0.05, 0) is 38.7 Å². The molecule has 4 heterocycles. The molecule has 2 saturated heterocycles. The normalized spacial score (nSPS) is 21.7. The Morgan fingerprint density at radius 3 is 2.67 bits per heavy atom. The molecule has 3 fully saturated rings. The summed E-state index contributed by atoms with van der Waals surface area (Å²) in [5.41, 5.74) is 3.25. The van der Waals surface area contributed by atoms with Gasteiger partial charge in [0.25, 0.3) is 0 Å². The Morgan fingerprint density at radius 1 is 1.23 bits per heavy atom. The molecule has 1 aliphatic carbocycles. The number of rotatable bonds is 5. The first kappa shape index (κ1) is 19.8. The molecule has 164 valence electrons. The van der Waals surface area contributed by atoms with Crippen LogP contribution in [0.1, 0.15) is 62.6 Å². The van der Waals surface area contributed by atoms with Crippen molar-refractivity contribution in [1.82, 2.24) is 20.1 Å². The summed E-state index contributed by atoms with van der Waals surface area (Å²) in [6, 6.07) is 2.54. The summed E-state index contributed by atoms with van der Waals surface area (Å²) in [5.74, 6) is 0.145. The van der Waals surface area contributed by atoms with Crippen LogP contribution in [0.3, 0.4) is 0 Å². The first-order valence-corrected chi connectivity index (χ1v) is 11.4. The van der Waals surface area contributed by atoms with Crippen molar-refractivity contribution in [2.75, 3.05) is 50.9 Å². The molecular weight excluding hydrogens is 382 g/mol. The largest absolute Gasteiger partial charge is 0.461 e. The molecule has 0 amide bonds. The number of pyridine rings is 1. The van der Waals surface area contributed by atoms with Crippen LogP contribution in [-0.4, -0.2) is 78.1 Å². The van der Waals surface area contributed by atoms with E-state index in [0.29, 0.717) is 29.9 Å². The zero-order chi connectivity index (χ0) is 20.5. The van der Waals surface area contributed by atoms with Gasteiger partial charge < -0.3 is 14.4 Å². The van der Waals surface area contributed by atoms with Gasteiger partial charge in [-0.25, -0.2) is 9.78 Å². The molecule has 2 aromatic heterocycles. The first-order chi connectivity index (χ1) is 14.7. The molecule has 2 aliphatic heterocycles. The maximum absolute atomic E-state index is 12.4. The predicted molar refractivity (Wildman–Crippen MR) is 116 cm³/mol. The number of ether oxygens (including phenoxy) is 2. The zero-order valence-corrected chi connectivity index (χ0v) is 17.7. The highest BCUT2D eigenvalue weighted by Gasteiger charge is 2.31. The van der Waals surface area contributed by atoms with Crippen molar-refractivity contribution < 1.29 is 15.7 Å². The topological polar surface area (TPSA) is 83.6 Å². The van der Waals surface area contributed by atoms with Gasteiger partial charge in [-0.2, -0.15) is 5.10 Å². The molecule has 8 nitrogen and oxygen atoms in total. The highest BCUT2D eigenvalue weighted by molar-refractivity contribution is 5.98. The summed E-state index contributed by atoms with van der Waals surface area (Å²) < 4.78 is 10.7. The number of nitrogens with zero attached hydrogens (tertiary/aromatic N) is 4. The number of hydrogen-bond donors (Lipinski definition) is 1. The fourth-order valence-electron chi connectivity index (χ4n) is 4.99. The fraction of sp³-hybridized carbons (Fsp3) is 0.682. The lowest BCUT2D eigenvalue weighted by Gasteiger charge is -2.41. The van der Waals surface area contributed by atoms with Gasteiger partial charge in [0.15, 0.2) is 11.3 Å². The van der Waals surface area contributed by atoms with Crippen LogP contribution in [0.2, 0.25) is 0 Å². The molecule has 8 heteroatoms. The van der Waals surface area contributed by atoms with Gasteiger partial charge in [-0.15, -0.1) is 0 Å². The second kappa shape index (κ2) is 8.51. The predicted octanol–water partition coefficient (Wildman–Crippen LogP) is 2.95. The van der Waals surface area contributed by atoms with E-state index in [9.17, 15) is 4.79 Å². The van der Waals surface area contributed by atoms with Gasteiger partial charge in [0.1, 0.15) is 0 Å². The molecule has 2 aromatic rings. The van der Waals surface area contributed by atoms with Crippen molar-refractivity contribution in [3.05, 3.63) is 17.5 Å². The van der Waals surface area contributed by atoms with E-state index >= 15 is 0 Å². The molecule has 30 heavy (non-hydrogen) atoms. The third-order valence-electron chi connectivity index (χ3n) is 6.90. The number of nitrogens with one attached hydrogen (secondary N) is 1. The summed E-state index contributed by atoms with van der Waals surface area (Å²) in [6.45, 7) is 7.85. The van der Waals surface area contributed by atoms with Crippen LogP contribution in [0, 0.1) is 0 Å². The summed E-state index contributed by atoms with van der Waals surface area (Å²) in [5, 5.41) is 8.81. The molecule has 1 N–H and O–H groups in total. The number of carbonyl (C=O) groups is 1. The Balaban J connectivity index is 0.00000231. The molecular formula is C22H33N5O3. The van der Waals surface area contributed by atoms with E-state index < -0.39 is 0 Å². The van der Waals surface area contributed by atoms with Crippen molar-refractivity contribution >= 4 is 22.7 Å². The lowest BCUT2D eigenvalue weighted by atomic mass is 9.82. The minimum absolute atomic E-state index is 0. The van der Waals surface area contributed by atoms with E-state index in [4.69, 9.17) is 9.47 Å². The van der Waals surface area contributed by atoms with E-state index in [1.807, 2.05) is 13.0 Å². The van der Waals surface area contributed by atoms with Crippen LogP contribution in [0.25, 0.3) is 11.0 Å². The number of hydrogen-bond acceptors (Lipinski definition) is 7. The number of carbonyl (C=O) groups excluding carboxylic acids is 1. The van der Waals surface area contributed by atoms with E-state index in [1.54, 1.807) is 0 Å². The Morgan fingerprint density at radius 2 is 2.00 bits per heavy atom. The van der Waals surface area contributed by atoms with Crippen LogP contribution in [0.15, 0.2) is 6.07 Å². The summed E-state index contributed by atoms with van der Waals surface area (Å²) >= 11 is 0. The Kier molecular flexibility index (Phi) is 5.60. The van der Waals surface area contributed by atoms with Crippen molar-refractivity contribution in [2.45, 2.75) is 51.0 Å². The third kappa shape index (κ3) is 3.67. The molecule has 0 bridgehead atoms. The molecule has 5 rings (SSSR count). The van der Waals surface area contributed by atoms with Crippen molar-refractivity contribution in [3.8, 4) is 0 Å². The van der Waals surface area contributed by atoms with Gasteiger partial charge in [-0.3, -0.25) is 10.00 Å². The number of anilines is 1. The quantitative estimate of drug-likeness (QED) is 0.752. The van der Waals surface area contributed by atoms with E-state index in [1.165, 1.54) is 25.0 Å². The van der Waals surface area contributed by atoms with Crippen molar-refractivity contribution in [3.63, 3.8) is 0 Å². The minimum atomic E-state index is -0.378. The van der Waals surface area contributed by atoms with Gasteiger partial charge in [0, 0.05) is 45.3 Å². The Labute approximate surface area is 178 Å². The van der Waals surface area contributed by atoms with Crippen LogP contribution >= 0.6 is 0 Å². The molecule has 0 atom stereocenters. The number of esters is 1.